The number of nitrogens with one attached hydrogen (secondary N) is 2. The zero-order valence-electron chi connectivity index (χ0n) is 11.3. The van der Waals surface area contributed by atoms with E-state index in [9.17, 15) is 9.59 Å². The van der Waals surface area contributed by atoms with Crippen molar-refractivity contribution < 1.29 is 19.4 Å². The molecule has 0 saturated heterocycles. The summed E-state index contributed by atoms with van der Waals surface area (Å²) in [4.78, 5) is 22.7. The van der Waals surface area contributed by atoms with Crippen molar-refractivity contribution in [2.24, 2.45) is 0 Å². The fraction of sp³-hybridized carbons (Fsp3) is 0.833. The minimum absolute atomic E-state index is 0.0423. The zero-order chi connectivity index (χ0) is 14.3. The van der Waals surface area contributed by atoms with Crippen LogP contribution in [-0.4, -0.2) is 54.4 Å². The van der Waals surface area contributed by atoms with E-state index in [0.29, 0.717) is 5.25 Å². The molecule has 19 heavy (non-hydrogen) atoms. The van der Waals surface area contributed by atoms with Crippen LogP contribution in [0, 0.1) is 0 Å². The average Bonchev–Trinajstić information content (AvgIpc) is 2.38. The Kier molecular flexibility index (Phi) is 7.01. The number of rotatable bonds is 6. The number of carboxylic acid groups (broad SMARTS) is 1. The van der Waals surface area contributed by atoms with Gasteiger partial charge in [0.1, 0.15) is 0 Å². The summed E-state index contributed by atoms with van der Waals surface area (Å²) in [5.41, 5.74) is 0. The molecule has 1 aliphatic rings. The lowest BCUT2D eigenvalue weighted by molar-refractivity contribution is -0.140. The lowest BCUT2D eigenvalue weighted by Gasteiger charge is -2.31. The van der Waals surface area contributed by atoms with Crippen LogP contribution in [0.15, 0.2) is 0 Å². The summed E-state index contributed by atoms with van der Waals surface area (Å²) in [5, 5.41) is 14.6. The van der Waals surface area contributed by atoms with Crippen molar-refractivity contribution in [3.05, 3.63) is 0 Å². The number of methoxy groups -OCH3 is 1. The quantitative estimate of drug-likeness (QED) is 0.681. The third-order valence-corrected chi connectivity index (χ3v) is 4.43. The minimum Gasteiger partial charge on any atom is -0.480 e. The molecule has 1 rings (SSSR count). The first kappa shape index (κ1) is 16.1. The molecule has 110 valence electrons. The summed E-state index contributed by atoms with van der Waals surface area (Å²) in [6.45, 7) is -0.0423. The van der Waals surface area contributed by atoms with Gasteiger partial charge < -0.3 is 20.5 Å². The van der Waals surface area contributed by atoms with E-state index in [1.54, 1.807) is 11.8 Å². The highest BCUT2D eigenvalue weighted by Gasteiger charge is 2.27. The van der Waals surface area contributed by atoms with Gasteiger partial charge in [-0.25, -0.2) is 9.59 Å². The number of hydrogen-bond acceptors (Lipinski definition) is 4. The predicted molar refractivity (Wildman–Crippen MR) is 74.5 cm³/mol. The molecular weight excluding hydrogens is 268 g/mol. The van der Waals surface area contributed by atoms with Crippen LogP contribution in [0.1, 0.15) is 25.7 Å². The molecule has 0 aliphatic heterocycles. The molecule has 3 unspecified atom stereocenters. The molecule has 0 bridgehead atoms. The van der Waals surface area contributed by atoms with E-state index >= 15 is 0 Å². The first-order valence-electron chi connectivity index (χ1n) is 6.40. The van der Waals surface area contributed by atoms with E-state index in [-0.39, 0.29) is 12.6 Å². The van der Waals surface area contributed by atoms with Crippen molar-refractivity contribution in [1.29, 1.82) is 0 Å². The second-order valence-electron chi connectivity index (χ2n) is 4.63. The van der Waals surface area contributed by atoms with Crippen LogP contribution in [0.2, 0.25) is 0 Å². The molecule has 2 amide bonds. The van der Waals surface area contributed by atoms with Gasteiger partial charge in [0.15, 0.2) is 6.04 Å². The van der Waals surface area contributed by atoms with Gasteiger partial charge in [-0.1, -0.05) is 12.8 Å². The molecule has 3 N–H and O–H groups in total. The third-order valence-electron chi connectivity index (χ3n) is 3.26. The van der Waals surface area contributed by atoms with E-state index in [1.807, 2.05) is 6.26 Å². The first-order valence-corrected chi connectivity index (χ1v) is 7.68. The number of aliphatic carboxylic acids is 1. The zero-order valence-corrected chi connectivity index (χ0v) is 12.2. The Morgan fingerprint density at radius 3 is 2.68 bits per heavy atom. The fourth-order valence-corrected chi connectivity index (χ4v) is 3.19. The van der Waals surface area contributed by atoms with Crippen LogP contribution in [0.4, 0.5) is 4.79 Å². The van der Waals surface area contributed by atoms with Gasteiger partial charge in [-0.05, 0) is 19.1 Å². The normalized spacial score (nSPS) is 24.5. The predicted octanol–water partition coefficient (Wildman–Crippen LogP) is 1.06. The Morgan fingerprint density at radius 1 is 1.42 bits per heavy atom. The number of amides is 2. The highest BCUT2D eigenvalue weighted by Crippen LogP contribution is 2.26. The molecule has 0 spiro atoms. The second kappa shape index (κ2) is 8.27. The molecular formula is C12H22N2O4S. The van der Waals surface area contributed by atoms with Crippen LogP contribution in [0.25, 0.3) is 0 Å². The molecule has 6 nitrogen and oxygen atoms in total. The Morgan fingerprint density at radius 2 is 2.11 bits per heavy atom. The van der Waals surface area contributed by atoms with Crippen molar-refractivity contribution in [2.45, 2.75) is 43.0 Å². The van der Waals surface area contributed by atoms with Crippen LogP contribution in [0.5, 0.6) is 0 Å². The summed E-state index contributed by atoms with van der Waals surface area (Å²) in [6.07, 6.45) is 6.36. The number of carbonyl (C=O) groups is 2. The third kappa shape index (κ3) is 5.28. The van der Waals surface area contributed by atoms with E-state index < -0.39 is 18.0 Å². The van der Waals surface area contributed by atoms with E-state index in [1.165, 1.54) is 13.5 Å². The fourth-order valence-electron chi connectivity index (χ4n) is 2.25. The summed E-state index contributed by atoms with van der Waals surface area (Å²) in [7, 11) is 1.40. The maximum Gasteiger partial charge on any atom is 0.328 e. The van der Waals surface area contributed by atoms with Crippen LogP contribution < -0.4 is 10.6 Å². The molecule has 0 aromatic heterocycles. The number of urea groups is 1. The van der Waals surface area contributed by atoms with Gasteiger partial charge in [-0.2, -0.15) is 11.8 Å². The second-order valence-corrected chi connectivity index (χ2v) is 5.71. The van der Waals surface area contributed by atoms with Gasteiger partial charge in [0, 0.05) is 18.4 Å². The van der Waals surface area contributed by atoms with Crippen molar-refractivity contribution in [2.75, 3.05) is 20.0 Å². The monoisotopic (exact) mass is 290 g/mol. The summed E-state index contributed by atoms with van der Waals surface area (Å²) in [5.74, 6) is -1.10. The lowest BCUT2D eigenvalue weighted by atomic mass is 9.95. The Balaban J connectivity index is 2.46. The molecule has 0 aromatic rings. The van der Waals surface area contributed by atoms with E-state index in [4.69, 9.17) is 9.84 Å². The number of ether oxygens (including phenoxy) is 1. The van der Waals surface area contributed by atoms with Crippen LogP contribution >= 0.6 is 11.8 Å². The maximum atomic E-state index is 11.8. The van der Waals surface area contributed by atoms with E-state index in [0.717, 1.165) is 19.3 Å². The van der Waals surface area contributed by atoms with Crippen molar-refractivity contribution in [3.63, 3.8) is 0 Å². The Bertz CT molecular complexity index is 314. The van der Waals surface area contributed by atoms with Gasteiger partial charge in [-0.3, -0.25) is 0 Å². The van der Waals surface area contributed by atoms with E-state index in [2.05, 4.69) is 10.6 Å². The average molecular weight is 290 g/mol. The Labute approximate surface area is 117 Å². The van der Waals surface area contributed by atoms with Crippen molar-refractivity contribution >= 4 is 23.8 Å². The smallest absolute Gasteiger partial charge is 0.328 e. The number of carbonyl (C=O) groups excluding carboxylic acids is 1. The van der Waals surface area contributed by atoms with Crippen LogP contribution in [-0.2, 0) is 9.53 Å². The molecule has 1 saturated carbocycles. The molecule has 0 aromatic carbocycles. The molecule has 1 aliphatic carbocycles. The lowest BCUT2D eigenvalue weighted by Crippen LogP contribution is -2.53. The van der Waals surface area contributed by atoms with Gasteiger partial charge >= 0.3 is 12.0 Å². The topological polar surface area (TPSA) is 87.7 Å². The molecule has 7 heteroatoms. The minimum atomic E-state index is -1.10. The molecule has 0 heterocycles. The highest BCUT2D eigenvalue weighted by molar-refractivity contribution is 7.99. The summed E-state index contributed by atoms with van der Waals surface area (Å²) >= 11 is 1.75. The molecule has 0 radical (unpaired) electrons. The molecule has 3 atom stereocenters. The van der Waals surface area contributed by atoms with Gasteiger partial charge in [-0.15, -0.1) is 0 Å². The van der Waals surface area contributed by atoms with Gasteiger partial charge in [0.25, 0.3) is 0 Å². The maximum absolute atomic E-state index is 11.8. The Hall–Kier alpha value is -0.950. The number of hydrogen-bond donors (Lipinski definition) is 3. The SMILES string of the molecule is COCC(NC(=O)NC1CCCCC1SC)C(=O)O. The largest absolute Gasteiger partial charge is 0.480 e. The van der Waals surface area contributed by atoms with Crippen molar-refractivity contribution in [3.8, 4) is 0 Å². The first-order chi connectivity index (χ1) is 9.08. The summed E-state index contributed by atoms with van der Waals surface area (Å²) < 4.78 is 4.77. The van der Waals surface area contributed by atoms with Crippen LogP contribution in [0.3, 0.4) is 0 Å². The van der Waals surface area contributed by atoms with Gasteiger partial charge in [0.2, 0.25) is 0 Å². The van der Waals surface area contributed by atoms with Crippen molar-refractivity contribution in [1.82, 2.24) is 10.6 Å². The number of carboxylic acids is 1. The van der Waals surface area contributed by atoms with Gasteiger partial charge in [0.05, 0.1) is 6.61 Å². The highest BCUT2D eigenvalue weighted by atomic mass is 32.2. The standard InChI is InChI=1S/C12H22N2O4S/c1-18-7-9(11(15)16)14-12(17)13-8-5-3-4-6-10(8)19-2/h8-10H,3-7H2,1-2H3,(H,15,16)(H2,13,14,17). The number of thioether (sulfide) groups is 1. The molecule has 1 fully saturated rings. The summed E-state index contributed by atoms with van der Waals surface area (Å²) in [6, 6.07) is -1.34.